The van der Waals surface area contributed by atoms with Gasteiger partial charge >= 0.3 is 0 Å². The zero-order valence-electron chi connectivity index (χ0n) is 16.4. The predicted molar refractivity (Wildman–Crippen MR) is 113 cm³/mol. The molecule has 1 saturated heterocycles. The Morgan fingerprint density at radius 2 is 1.27 bits per heavy atom. The van der Waals surface area contributed by atoms with Crippen LogP contribution in [0.4, 0.5) is 0 Å². The Morgan fingerprint density at radius 1 is 0.767 bits per heavy atom. The lowest BCUT2D eigenvalue weighted by molar-refractivity contribution is 0.0891. The maximum Gasteiger partial charge on any atom is 0.270 e. The minimum absolute atomic E-state index is 0.240. The molecule has 1 fully saturated rings. The molecule has 3 aromatic rings. The summed E-state index contributed by atoms with van der Waals surface area (Å²) < 4.78 is 0. The zero-order chi connectivity index (χ0) is 20.8. The normalized spacial score (nSPS) is 18.7. The van der Waals surface area contributed by atoms with Crippen molar-refractivity contribution >= 4 is 11.8 Å². The average molecular weight is 401 g/mol. The molecule has 7 nitrogen and oxygen atoms in total. The fraction of sp³-hybridized carbons (Fsp3) is 0.217. The van der Waals surface area contributed by atoms with E-state index in [4.69, 9.17) is 0 Å². The molecular formula is C23H23N5O2. The topological polar surface area (TPSA) is 87.2 Å². The number of carbonyl (C=O) groups excluding carboxylic acids is 2. The van der Waals surface area contributed by atoms with Gasteiger partial charge in [0, 0.05) is 32.0 Å². The van der Waals surface area contributed by atoms with Gasteiger partial charge in [-0.1, -0.05) is 42.5 Å². The van der Waals surface area contributed by atoms with Crippen molar-refractivity contribution in [2.45, 2.75) is 18.6 Å². The van der Waals surface area contributed by atoms with E-state index in [1.807, 2.05) is 18.2 Å². The molecule has 0 unspecified atom stereocenters. The highest BCUT2D eigenvalue weighted by Gasteiger charge is 2.35. The molecule has 2 aromatic heterocycles. The number of hydrogen-bond donors (Lipinski definition) is 2. The summed E-state index contributed by atoms with van der Waals surface area (Å²) in [7, 11) is 0. The van der Waals surface area contributed by atoms with Crippen LogP contribution < -0.4 is 10.6 Å². The molecular weight excluding hydrogens is 378 g/mol. The molecule has 152 valence electrons. The van der Waals surface area contributed by atoms with Gasteiger partial charge < -0.3 is 10.6 Å². The van der Waals surface area contributed by atoms with Crippen molar-refractivity contribution in [3.63, 3.8) is 0 Å². The van der Waals surface area contributed by atoms with Gasteiger partial charge in [-0.25, -0.2) is 0 Å². The van der Waals surface area contributed by atoms with E-state index in [-0.39, 0.29) is 23.9 Å². The third kappa shape index (κ3) is 4.87. The Hall–Kier alpha value is -3.58. The van der Waals surface area contributed by atoms with Crippen molar-refractivity contribution in [2.75, 3.05) is 13.1 Å². The van der Waals surface area contributed by atoms with Crippen LogP contribution in [-0.4, -0.2) is 51.9 Å². The predicted octanol–water partition coefficient (Wildman–Crippen LogP) is 1.89. The molecule has 30 heavy (non-hydrogen) atoms. The quantitative estimate of drug-likeness (QED) is 0.659. The fourth-order valence-corrected chi connectivity index (χ4v) is 3.63. The van der Waals surface area contributed by atoms with E-state index in [1.165, 1.54) is 5.56 Å². The van der Waals surface area contributed by atoms with Gasteiger partial charge in [0.2, 0.25) is 0 Å². The summed E-state index contributed by atoms with van der Waals surface area (Å²) in [6.07, 6.45) is 3.18. The van der Waals surface area contributed by atoms with Crippen molar-refractivity contribution in [1.82, 2.24) is 25.5 Å². The van der Waals surface area contributed by atoms with E-state index in [0.29, 0.717) is 24.5 Å². The first kappa shape index (κ1) is 19.7. The van der Waals surface area contributed by atoms with Crippen LogP contribution >= 0.6 is 0 Å². The minimum atomic E-state index is -0.251. The van der Waals surface area contributed by atoms with E-state index >= 15 is 0 Å². The van der Waals surface area contributed by atoms with Gasteiger partial charge in [-0.15, -0.1) is 0 Å². The summed E-state index contributed by atoms with van der Waals surface area (Å²) in [5.74, 6) is -0.501. The van der Waals surface area contributed by atoms with Crippen molar-refractivity contribution in [2.24, 2.45) is 0 Å². The first-order chi connectivity index (χ1) is 14.7. The summed E-state index contributed by atoms with van der Waals surface area (Å²) >= 11 is 0. The number of nitrogens with one attached hydrogen (secondary N) is 2. The minimum Gasteiger partial charge on any atom is -0.345 e. The maximum atomic E-state index is 12.6. The van der Waals surface area contributed by atoms with Gasteiger partial charge in [0.1, 0.15) is 11.4 Å². The van der Waals surface area contributed by atoms with E-state index in [9.17, 15) is 9.59 Å². The Kier molecular flexibility index (Phi) is 6.10. The van der Waals surface area contributed by atoms with Gasteiger partial charge in [-0.3, -0.25) is 24.5 Å². The van der Waals surface area contributed by atoms with Gasteiger partial charge in [-0.2, -0.15) is 0 Å². The van der Waals surface area contributed by atoms with Crippen molar-refractivity contribution < 1.29 is 9.59 Å². The van der Waals surface area contributed by atoms with Crippen LogP contribution in [0.2, 0.25) is 0 Å². The molecule has 0 bridgehead atoms. The second kappa shape index (κ2) is 9.28. The summed E-state index contributed by atoms with van der Waals surface area (Å²) in [6, 6.07) is 20.1. The Balaban J connectivity index is 1.48. The van der Waals surface area contributed by atoms with Crippen LogP contribution in [0.15, 0.2) is 79.1 Å². The summed E-state index contributed by atoms with van der Waals surface area (Å²) in [5.41, 5.74) is 1.90. The van der Waals surface area contributed by atoms with Gasteiger partial charge in [0.15, 0.2) is 0 Å². The molecule has 1 aromatic carbocycles. The van der Waals surface area contributed by atoms with E-state index < -0.39 is 0 Å². The lowest BCUT2D eigenvalue weighted by Gasteiger charge is -2.20. The number of amides is 2. The highest BCUT2D eigenvalue weighted by molar-refractivity contribution is 5.93. The number of aromatic nitrogens is 2. The van der Waals surface area contributed by atoms with E-state index in [2.05, 4.69) is 37.6 Å². The number of hydrogen-bond acceptors (Lipinski definition) is 5. The molecule has 2 amide bonds. The maximum absolute atomic E-state index is 12.6. The second-order valence-electron chi connectivity index (χ2n) is 7.27. The van der Waals surface area contributed by atoms with Crippen LogP contribution in [0.5, 0.6) is 0 Å². The van der Waals surface area contributed by atoms with Gasteiger partial charge in [0.25, 0.3) is 11.8 Å². The fourth-order valence-electron chi connectivity index (χ4n) is 3.63. The number of benzene rings is 1. The molecule has 3 heterocycles. The molecule has 0 saturated carbocycles. The second-order valence-corrected chi connectivity index (χ2v) is 7.27. The first-order valence-electron chi connectivity index (χ1n) is 9.89. The summed E-state index contributed by atoms with van der Waals surface area (Å²) in [6.45, 7) is 1.99. The highest BCUT2D eigenvalue weighted by atomic mass is 16.2. The van der Waals surface area contributed by atoms with E-state index in [1.54, 1.807) is 48.8 Å². The van der Waals surface area contributed by atoms with Crippen LogP contribution in [0.3, 0.4) is 0 Å². The van der Waals surface area contributed by atoms with Crippen LogP contribution in [0, 0.1) is 0 Å². The number of likely N-dealkylation sites (tertiary alicyclic amines) is 1. The molecule has 1 aliphatic heterocycles. The van der Waals surface area contributed by atoms with Crippen molar-refractivity contribution in [1.29, 1.82) is 0 Å². The van der Waals surface area contributed by atoms with Crippen molar-refractivity contribution in [3.8, 4) is 0 Å². The number of rotatable bonds is 6. The van der Waals surface area contributed by atoms with Crippen LogP contribution in [0.25, 0.3) is 0 Å². The van der Waals surface area contributed by atoms with E-state index in [0.717, 1.165) is 6.54 Å². The smallest absolute Gasteiger partial charge is 0.270 e. The van der Waals surface area contributed by atoms with Crippen LogP contribution in [0.1, 0.15) is 26.5 Å². The molecule has 1 aliphatic rings. The Bertz CT molecular complexity index is 921. The standard InChI is InChI=1S/C23H23N5O2/c29-22(18-10-4-6-12-24-18)26-20-15-28(14-17-8-2-1-3-9-17)16-21(20)27-23(30)19-11-5-7-13-25-19/h1-13,20-21H,14-16H2,(H,26,29)(H,27,30)/t20-,21-/m1/s1. The third-order valence-electron chi connectivity index (χ3n) is 5.07. The first-order valence-corrected chi connectivity index (χ1v) is 9.89. The largest absolute Gasteiger partial charge is 0.345 e. The number of nitrogens with zero attached hydrogens (tertiary/aromatic N) is 3. The Labute approximate surface area is 175 Å². The monoisotopic (exact) mass is 401 g/mol. The summed E-state index contributed by atoms with van der Waals surface area (Å²) in [5, 5.41) is 6.08. The highest BCUT2D eigenvalue weighted by Crippen LogP contribution is 2.15. The molecule has 2 atom stereocenters. The molecule has 0 aliphatic carbocycles. The Morgan fingerprint density at radius 3 is 1.73 bits per heavy atom. The number of pyridine rings is 2. The van der Waals surface area contributed by atoms with Crippen LogP contribution in [-0.2, 0) is 6.54 Å². The summed E-state index contributed by atoms with van der Waals surface area (Å²) in [4.78, 5) is 35.8. The molecule has 0 spiro atoms. The molecule has 7 heteroatoms. The number of carbonyl (C=O) groups is 2. The zero-order valence-corrected chi connectivity index (χ0v) is 16.4. The lowest BCUT2D eigenvalue weighted by Crippen LogP contribution is -2.51. The SMILES string of the molecule is O=C(N[C@@H]1CN(Cc2ccccc2)C[C@H]1NC(=O)c1ccccn1)c1ccccn1. The average Bonchev–Trinajstić information content (AvgIpc) is 3.16. The molecule has 4 rings (SSSR count). The third-order valence-corrected chi connectivity index (χ3v) is 5.07. The van der Waals surface area contributed by atoms with Gasteiger partial charge in [-0.05, 0) is 29.8 Å². The van der Waals surface area contributed by atoms with Gasteiger partial charge in [0.05, 0.1) is 12.1 Å². The lowest BCUT2D eigenvalue weighted by atomic mass is 10.1. The van der Waals surface area contributed by atoms with Crippen molar-refractivity contribution in [3.05, 3.63) is 96.1 Å². The molecule has 2 N–H and O–H groups in total. The molecule has 0 radical (unpaired) electrons.